The molecular weight excluding hydrogens is 450 g/mol. The normalized spacial score (nSPS) is 18.9. The largest absolute Gasteiger partial charge is 0.476 e. The van der Waals surface area contributed by atoms with Crippen LogP contribution in [0.1, 0.15) is 50.3 Å². The van der Waals surface area contributed by atoms with Crippen LogP contribution in [0.4, 0.5) is 5.69 Å². The molecule has 0 radical (unpaired) electrons. The van der Waals surface area contributed by atoms with E-state index >= 15 is 0 Å². The molecule has 2 aliphatic heterocycles. The zero-order chi connectivity index (χ0) is 24.5. The lowest BCUT2D eigenvalue weighted by molar-refractivity contribution is -0.127. The Morgan fingerprint density at radius 3 is 2.32 bits per heavy atom. The summed E-state index contributed by atoms with van der Waals surface area (Å²) in [5, 5.41) is 2.90. The van der Waals surface area contributed by atoms with Crippen molar-refractivity contribution in [3.63, 3.8) is 0 Å². The van der Waals surface area contributed by atoms with Crippen LogP contribution in [-0.2, 0) is 33.3 Å². The van der Waals surface area contributed by atoms with Gasteiger partial charge in [-0.25, -0.2) is 8.42 Å². The number of carbonyl (C=O) groups excluding carboxylic acids is 1. The van der Waals surface area contributed by atoms with Gasteiger partial charge in [-0.1, -0.05) is 51.1 Å². The Hall–Kier alpha value is -2.58. The number of benzene rings is 2. The predicted molar refractivity (Wildman–Crippen MR) is 135 cm³/mol. The number of nitrogens with one attached hydrogen (secondary N) is 1. The third-order valence-corrected chi connectivity index (χ3v) is 7.63. The van der Waals surface area contributed by atoms with E-state index < -0.39 is 16.1 Å². The number of sulfonamides is 1. The fourth-order valence-corrected chi connectivity index (χ4v) is 5.34. The van der Waals surface area contributed by atoms with E-state index in [1.807, 2.05) is 24.3 Å². The average molecular weight is 486 g/mol. The van der Waals surface area contributed by atoms with Gasteiger partial charge < -0.3 is 10.1 Å². The number of rotatable bonds is 6. The van der Waals surface area contributed by atoms with E-state index in [2.05, 4.69) is 43.1 Å². The number of nitrogens with zero attached hydrogens (tertiary/aromatic N) is 2. The number of hydrogen-bond acceptors (Lipinski definition) is 5. The van der Waals surface area contributed by atoms with Crippen molar-refractivity contribution in [2.24, 2.45) is 0 Å². The van der Waals surface area contributed by atoms with Gasteiger partial charge in [0.1, 0.15) is 5.75 Å². The summed E-state index contributed by atoms with van der Waals surface area (Å²) in [6, 6.07) is 13.8. The zero-order valence-corrected chi connectivity index (χ0v) is 21.3. The molecule has 1 amide bonds. The average Bonchev–Trinajstić information content (AvgIpc) is 3.29. The van der Waals surface area contributed by atoms with Gasteiger partial charge in [0.15, 0.2) is 6.10 Å². The molecule has 1 unspecified atom stereocenters. The maximum absolute atomic E-state index is 12.9. The van der Waals surface area contributed by atoms with Crippen molar-refractivity contribution in [1.29, 1.82) is 0 Å². The molecule has 1 fully saturated rings. The number of ether oxygens (including phenoxy) is 1. The van der Waals surface area contributed by atoms with Crippen LogP contribution in [0, 0.1) is 0 Å². The van der Waals surface area contributed by atoms with Crippen LogP contribution in [-0.4, -0.2) is 51.2 Å². The Bertz CT molecular complexity index is 1130. The Kier molecular flexibility index (Phi) is 6.92. The van der Waals surface area contributed by atoms with Crippen LogP contribution < -0.4 is 14.4 Å². The van der Waals surface area contributed by atoms with Crippen LogP contribution in [0.3, 0.4) is 0 Å². The molecule has 0 saturated carbocycles. The molecule has 0 aromatic heterocycles. The fourth-order valence-electron chi connectivity index (χ4n) is 4.43. The third-order valence-electron chi connectivity index (χ3n) is 6.48. The third kappa shape index (κ3) is 5.73. The number of carbonyl (C=O) groups is 1. The summed E-state index contributed by atoms with van der Waals surface area (Å²) >= 11 is 0. The van der Waals surface area contributed by atoms with Crippen LogP contribution >= 0.6 is 0 Å². The summed E-state index contributed by atoms with van der Waals surface area (Å²) in [7, 11) is -3.58. The van der Waals surface area contributed by atoms with Gasteiger partial charge in [0.05, 0.1) is 18.5 Å². The second-order valence-electron chi connectivity index (χ2n) is 10.4. The highest BCUT2D eigenvalue weighted by molar-refractivity contribution is 7.92. The number of hydrogen-bond donors (Lipinski definition) is 1. The van der Waals surface area contributed by atoms with Gasteiger partial charge in [-0.2, -0.15) is 0 Å². The van der Waals surface area contributed by atoms with E-state index in [9.17, 15) is 13.2 Å². The molecule has 34 heavy (non-hydrogen) atoms. The lowest BCUT2D eigenvalue weighted by atomic mass is 9.86. The van der Waals surface area contributed by atoms with Gasteiger partial charge in [-0.3, -0.25) is 14.0 Å². The number of amides is 1. The second-order valence-corrected chi connectivity index (χ2v) is 12.3. The minimum absolute atomic E-state index is 0.0555. The second kappa shape index (κ2) is 9.58. The minimum Gasteiger partial charge on any atom is -0.476 e. The monoisotopic (exact) mass is 485 g/mol. The Morgan fingerprint density at radius 2 is 1.71 bits per heavy atom. The predicted octanol–water partition coefficient (Wildman–Crippen LogP) is 3.42. The molecule has 0 spiro atoms. The highest BCUT2D eigenvalue weighted by atomic mass is 32.2. The molecule has 2 aromatic rings. The summed E-state index contributed by atoms with van der Waals surface area (Å²) < 4.78 is 32.3. The quantitative estimate of drug-likeness (QED) is 0.678. The SMILES string of the molecule is CC(C)(C)c1ccc2c(c1)N(S(C)(=O)=O)CC(C(=O)NCc1ccc(CN3CCCC3)cc1)O2. The van der Waals surface area contributed by atoms with Crippen molar-refractivity contribution < 1.29 is 17.9 Å². The van der Waals surface area contributed by atoms with Crippen molar-refractivity contribution in [2.75, 3.05) is 30.2 Å². The van der Waals surface area contributed by atoms with E-state index in [4.69, 9.17) is 4.74 Å². The smallest absolute Gasteiger partial charge is 0.263 e. The molecule has 0 aliphatic carbocycles. The van der Waals surface area contributed by atoms with Crippen LogP contribution in [0.25, 0.3) is 0 Å². The van der Waals surface area contributed by atoms with Crippen molar-refractivity contribution in [2.45, 2.75) is 58.2 Å². The van der Waals surface area contributed by atoms with Gasteiger partial charge in [0, 0.05) is 13.1 Å². The zero-order valence-electron chi connectivity index (χ0n) is 20.5. The van der Waals surface area contributed by atoms with Crippen LogP contribution in [0.5, 0.6) is 5.75 Å². The molecule has 7 nitrogen and oxygen atoms in total. The summed E-state index contributed by atoms with van der Waals surface area (Å²) in [5.41, 5.74) is 3.59. The maximum atomic E-state index is 12.9. The van der Waals surface area contributed by atoms with Crippen molar-refractivity contribution >= 4 is 21.6 Å². The first kappa shape index (κ1) is 24.5. The molecule has 2 aliphatic rings. The molecule has 2 heterocycles. The van der Waals surface area contributed by atoms with E-state index in [0.29, 0.717) is 18.0 Å². The van der Waals surface area contributed by atoms with Gasteiger partial charge in [0.25, 0.3) is 5.91 Å². The fraction of sp³-hybridized carbons (Fsp3) is 0.500. The lowest BCUT2D eigenvalue weighted by Gasteiger charge is -2.35. The molecule has 2 aromatic carbocycles. The van der Waals surface area contributed by atoms with Crippen molar-refractivity contribution in [1.82, 2.24) is 10.2 Å². The van der Waals surface area contributed by atoms with E-state index in [1.54, 1.807) is 6.07 Å². The van der Waals surface area contributed by atoms with Gasteiger partial charge in [0.2, 0.25) is 10.0 Å². The Morgan fingerprint density at radius 1 is 1.06 bits per heavy atom. The van der Waals surface area contributed by atoms with Crippen LogP contribution in [0.15, 0.2) is 42.5 Å². The summed E-state index contributed by atoms with van der Waals surface area (Å²) in [6.45, 7) is 9.78. The molecule has 184 valence electrons. The molecule has 1 atom stereocenters. The molecule has 4 rings (SSSR count). The Labute approximate surface area is 203 Å². The molecule has 8 heteroatoms. The van der Waals surface area contributed by atoms with E-state index in [0.717, 1.165) is 37.0 Å². The van der Waals surface area contributed by atoms with Gasteiger partial charge in [-0.05, 0) is 60.2 Å². The van der Waals surface area contributed by atoms with Crippen molar-refractivity contribution in [3.05, 3.63) is 59.2 Å². The first-order chi connectivity index (χ1) is 16.0. The summed E-state index contributed by atoms with van der Waals surface area (Å²) in [4.78, 5) is 15.4. The van der Waals surface area contributed by atoms with Crippen molar-refractivity contribution in [3.8, 4) is 5.75 Å². The number of anilines is 1. The lowest BCUT2D eigenvalue weighted by Crippen LogP contribution is -2.50. The first-order valence-corrected chi connectivity index (χ1v) is 13.7. The van der Waals surface area contributed by atoms with Crippen LogP contribution in [0.2, 0.25) is 0 Å². The maximum Gasteiger partial charge on any atom is 0.263 e. The summed E-state index contributed by atoms with van der Waals surface area (Å²) in [6.07, 6.45) is 2.78. The number of fused-ring (bicyclic) bond motifs is 1. The van der Waals surface area contributed by atoms with Gasteiger partial charge >= 0.3 is 0 Å². The minimum atomic E-state index is -3.58. The highest BCUT2D eigenvalue weighted by Crippen LogP contribution is 2.38. The first-order valence-electron chi connectivity index (χ1n) is 11.9. The summed E-state index contributed by atoms with van der Waals surface area (Å²) in [5.74, 6) is 0.0661. The highest BCUT2D eigenvalue weighted by Gasteiger charge is 2.35. The standard InChI is InChI=1S/C26H35N3O4S/c1-26(2,3)21-11-12-23-22(15-21)29(34(4,31)32)18-24(33-23)25(30)27-16-19-7-9-20(10-8-19)17-28-13-5-6-14-28/h7-12,15,24H,5-6,13-14,16-18H2,1-4H3,(H,27,30). The molecule has 0 bridgehead atoms. The van der Waals surface area contributed by atoms with Gasteiger partial charge in [-0.15, -0.1) is 0 Å². The topological polar surface area (TPSA) is 79.0 Å². The van der Waals surface area contributed by atoms with E-state index in [1.165, 1.54) is 22.7 Å². The molecule has 1 N–H and O–H groups in total. The molecule has 1 saturated heterocycles. The number of likely N-dealkylation sites (tertiary alicyclic amines) is 1. The van der Waals surface area contributed by atoms with E-state index in [-0.39, 0.29) is 17.9 Å². The molecular formula is C26H35N3O4S. The Balaban J connectivity index is 1.42.